The van der Waals surface area contributed by atoms with E-state index >= 15 is 0 Å². The molecule has 0 spiro atoms. The molecule has 1 unspecified atom stereocenters. The van der Waals surface area contributed by atoms with Gasteiger partial charge >= 0.3 is 0 Å². The van der Waals surface area contributed by atoms with Crippen LogP contribution in [0.3, 0.4) is 0 Å². The molecule has 1 atom stereocenters. The number of aryl methyl sites for hydroxylation is 1. The standard InChI is InChI=1S/C20H19N3O/c1-13-7-9-15(10-8-13)18-16-17(14-5-3-2-4-6-14)21-11-12-22-19(16)20(24)23-18/h2-10,18,22H,11-12H2,1H3,(H,23,24). The van der Waals surface area contributed by atoms with Gasteiger partial charge in [0.15, 0.2) is 0 Å². The summed E-state index contributed by atoms with van der Waals surface area (Å²) in [5.74, 6) is -0.0545. The maximum Gasteiger partial charge on any atom is 0.268 e. The lowest BCUT2D eigenvalue weighted by atomic mass is 9.92. The van der Waals surface area contributed by atoms with Crippen LogP contribution in [0.1, 0.15) is 22.7 Å². The minimum Gasteiger partial charge on any atom is -0.378 e. The number of aliphatic imine (C=N–C) groups is 1. The molecule has 0 saturated carbocycles. The molecule has 0 saturated heterocycles. The normalized spacial score (nSPS) is 20.0. The van der Waals surface area contributed by atoms with Gasteiger partial charge in [-0.25, -0.2) is 0 Å². The maximum atomic E-state index is 12.5. The first kappa shape index (κ1) is 14.7. The number of nitrogens with zero attached hydrogens (tertiary/aromatic N) is 1. The quantitative estimate of drug-likeness (QED) is 0.894. The van der Waals surface area contributed by atoms with Gasteiger partial charge < -0.3 is 10.6 Å². The Bertz CT molecular complexity index is 835. The SMILES string of the molecule is Cc1ccc(C2NC(=O)C3=C2C(c2ccccc2)=NCCN3)cc1. The monoisotopic (exact) mass is 317 g/mol. The number of amides is 1. The lowest BCUT2D eigenvalue weighted by Gasteiger charge is -2.17. The Morgan fingerprint density at radius 3 is 2.54 bits per heavy atom. The first-order chi connectivity index (χ1) is 11.7. The van der Waals surface area contributed by atoms with Crippen LogP contribution in [-0.4, -0.2) is 24.7 Å². The molecule has 4 heteroatoms. The second-order valence-corrected chi connectivity index (χ2v) is 6.13. The molecule has 4 nitrogen and oxygen atoms in total. The molecule has 2 heterocycles. The number of hydrogen-bond acceptors (Lipinski definition) is 3. The largest absolute Gasteiger partial charge is 0.378 e. The number of benzene rings is 2. The van der Waals surface area contributed by atoms with Gasteiger partial charge in [0.25, 0.3) is 5.91 Å². The lowest BCUT2D eigenvalue weighted by Crippen LogP contribution is -2.28. The Balaban J connectivity index is 1.84. The van der Waals surface area contributed by atoms with E-state index in [-0.39, 0.29) is 11.9 Å². The fraction of sp³-hybridized carbons (Fsp3) is 0.200. The van der Waals surface area contributed by atoms with Gasteiger partial charge in [0, 0.05) is 17.7 Å². The van der Waals surface area contributed by atoms with Crippen LogP contribution < -0.4 is 10.6 Å². The summed E-state index contributed by atoms with van der Waals surface area (Å²) in [7, 11) is 0. The summed E-state index contributed by atoms with van der Waals surface area (Å²) in [6.45, 7) is 3.39. The smallest absolute Gasteiger partial charge is 0.268 e. The van der Waals surface area contributed by atoms with Crippen molar-refractivity contribution in [2.45, 2.75) is 13.0 Å². The summed E-state index contributed by atoms with van der Waals surface area (Å²) in [5.41, 5.74) is 5.83. The van der Waals surface area contributed by atoms with Crippen molar-refractivity contribution in [2.24, 2.45) is 4.99 Å². The van der Waals surface area contributed by atoms with Crippen LogP contribution in [0.15, 0.2) is 70.9 Å². The molecule has 2 N–H and O–H groups in total. The zero-order chi connectivity index (χ0) is 16.5. The highest BCUT2D eigenvalue weighted by Gasteiger charge is 2.36. The highest BCUT2D eigenvalue weighted by atomic mass is 16.2. The summed E-state index contributed by atoms with van der Waals surface area (Å²) < 4.78 is 0. The maximum absolute atomic E-state index is 12.5. The van der Waals surface area contributed by atoms with Crippen molar-refractivity contribution in [3.8, 4) is 0 Å². The minimum absolute atomic E-state index is 0.0545. The third-order valence-electron chi connectivity index (χ3n) is 4.46. The van der Waals surface area contributed by atoms with Gasteiger partial charge in [0.05, 0.1) is 18.3 Å². The Kier molecular flexibility index (Phi) is 3.65. The van der Waals surface area contributed by atoms with E-state index in [0.717, 1.165) is 22.4 Å². The van der Waals surface area contributed by atoms with Crippen molar-refractivity contribution in [3.05, 3.63) is 82.6 Å². The van der Waals surface area contributed by atoms with E-state index in [1.165, 1.54) is 5.56 Å². The molecule has 0 bridgehead atoms. The average molecular weight is 317 g/mol. The van der Waals surface area contributed by atoms with Crippen molar-refractivity contribution >= 4 is 11.6 Å². The Labute approximate surface area is 141 Å². The van der Waals surface area contributed by atoms with E-state index in [2.05, 4.69) is 41.8 Å². The third kappa shape index (κ3) is 2.50. The van der Waals surface area contributed by atoms with Gasteiger partial charge in [-0.05, 0) is 12.5 Å². The zero-order valence-electron chi connectivity index (χ0n) is 13.5. The van der Waals surface area contributed by atoms with Gasteiger partial charge in [-0.15, -0.1) is 0 Å². The van der Waals surface area contributed by atoms with E-state index in [1.807, 2.05) is 30.3 Å². The van der Waals surface area contributed by atoms with E-state index < -0.39 is 0 Å². The number of rotatable bonds is 2. The topological polar surface area (TPSA) is 53.5 Å². The predicted molar refractivity (Wildman–Crippen MR) is 94.9 cm³/mol. The summed E-state index contributed by atoms with van der Waals surface area (Å²) >= 11 is 0. The molecule has 120 valence electrons. The van der Waals surface area contributed by atoms with E-state index in [1.54, 1.807) is 0 Å². The summed E-state index contributed by atoms with van der Waals surface area (Å²) in [4.78, 5) is 17.3. The summed E-state index contributed by atoms with van der Waals surface area (Å²) in [6, 6.07) is 18.2. The lowest BCUT2D eigenvalue weighted by molar-refractivity contribution is -0.117. The van der Waals surface area contributed by atoms with Crippen LogP contribution in [0.4, 0.5) is 0 Å². The van der Waals surface area contributed by atoms with Gasteiger partial charge in [-0.2, -0.15) is 0 Å². The average Bonchev–Trinajstić information content (AvgIpc) is 2.80. The Morgan fingerprint density at radius 2 is 1.79 bits per heavy atom. The van der Waals surface area contributed by atoms with Gasteiger partial charge in [0.1, 0.15) is 5.70 Å². The number of hydrogen-bond donors (Lipinski definition) is 2. The molecule has 2 aromatic carbocycles. The molecule has 0 radical (unpaired) electrons. The van der Waals surface area contributed by atoms with Crippen LogP contribution in [0.25, 0.3) is 0 Å². The van der Waals surface area contributed by atoms with E-state index in [0.29, 0.717) is 18.8 Å². The molecule has 1 amide bonds. The molecular formula is C20H19N3O. The van der Waals surface area contributed by atoms with Crippen LogP contribution in [0.5, 0.6) is 0 Å². The molecule has 2 aromatic rings. The summed E-state index contributed by atoms with van der Waals surface area (Å²) in [5, 5.41) is 6.36. The molecule has 4 rings (SSSR count). The zero-order valence-corrected chi connectivity index (χ0v) is 13.5. The molecular weight excluding hydrogens is 298 g/mol. The van der Waals surface area contributed by atoms with Gasteiger partial charge in [-0.3, -0.25) is 9.79 Å². The summed E-state index contributed by atoms with van der Waals surface area (Å²) in [6.07, 6.45) is 0. The molecule has 0 aromatic heterocycles. The van der Waals surface area contributed by atoms with Crippen molar-refractivity contribution in [2.75, 3.05) is 13.1 Å². The van der Waals surface area contributed by atoms with E-state index in [9.17, 15) is 4.79 Å². The molecule has 0 aliphatic carbocycles. The minimum atomic E-state index is -0.169. The Hall–Kier alpha value is -2.88. The van der Waals surface area contributed by atoms with Crippen LogP contribution in [0, 0.1) is 6.92 Å². The molecule has 24 heavy (non-hydrogen) atoms. The third-order valence-corrected chi connectivity index (χ3v) is 4.46. The highest BCUT2D eigenvalue weighted by Crippen LogP contribution is 2.33. The van der Waals surface area contributed by atoms with Crippen LogP contribution in [0.2, 0.25) is 0 Å². The van der Waals surface area contributed by atoms with Crippen molar-refractivity contribution in [1.82, 2.24) is 10.6 Å². The first-order valence-corrected chi connectivity index (χ1v) is 8.20. The van der Waals surface area contributed by atoms with Crippen LogP contribution in [-0.2, 0) is 4.79 Å². The van der Waals surface area contributed by atoms with Crippen molar-refractivity contribution in [1.29, 1.82) is 0 Å². The second kappa shape index (κ2) is 5.96. The molecule has 2 aliphatic heterocycles. The first-order valence-electron chi connectivity index (χ1n) is 8.20. The van der Waals surface area contributed by atoms with E-state index in [4.69, 9.17) is 4.99 Å². The van der Waals surface area contributed by atoms with Crippen molar-refractivity contribution < 1.29 is 4.79 Å². The number of carbonyl (C=O) groups excluding carboxylic acids is 1. The van der Waals surface area contributed by atoms with Gasteiger partial charge in [-0.1, -0.05) is 60.2 Å². The number of carbonyl (C=O) groups is 1. The van der Waals surface area contributed by atoms with Gasteiger partial charge in [0.2, 0.25) is 0 Å². The second-order valence-electron chi connectivity index (χ2n) is 6.13. The van der Waals surface area contributed by atoms with Crippen LogP contribution >= 0.6 is 0 Å². The highest BCUT2D eigenvalue weighted by molar-refractivity contribution is 6.19. The molecule has 0 fully saturated rings. The fourth-order valence-corrected chi connectivity index (χ4v) is 3.26. The molecule has 2 aliphatic rings. The Morgan fingerprint density at radius 1 is 1.04 bits per heavy atom. The predicted octanol–water partition coefficient (Wildman–Crippen LogP) is 2.51. The van der Waals surface area contributed by atoms with Crippen molar-refractivity contribution in [3.63, 3.8) is 0 Å². The fourth-order valence-electron chi connectivity index (χ4n) is 3.26. The number of nitrogens with one attached hydrogen (secondary N) is 2.